The molecule has 0 saturated heterocycles. The van der Waals surface area contributed by atoms with Crippen molar-refractivity contribution in [2.24, 2.45) is 5.73 Å². The Hall–Kier alpha value is -1.58. The predicted molar refractivity (Wildman–Crippen MR) is 77.8 cm³/mol. The Morgan fingerprint density at radius 1 is 1.30 bits per heavy atom. The van der Waals surface area contributed by atoms with Gasteiger partial charge >= 0.3 is 0 Å². The third-order valence-electron chi connectivity index (χ3n) is 3.72. The van der Waals surface area contributed by atoms with Crippen molar-refractivity contribution in [1.29, 1.82) is 0 Å². The van der Waals surface area contributed by atoms with Crippen LogP contribution in [0.4, 0.5) is 4.39 Å². The molecule has 1 heterocycles. The summed E-state index contributed by atoms with van der Waals surface area (Å²) in [6, 6.07) is 12.4. The molecule has 2 N–H and O–H groups in total. The van der Waals surface area contributed by atoms with Gasteiger partial charge in [0.15, 0.2) is 0 Å². The minimum Gasteiger partial charge on any atom is -0.493 e. The second-order valence-electron chi connectivity index (χ2n) is 5.06. The van der Waals surface area contributed by atoms with E-state index >= 15 is 0 Å². The Morgan fingerprint density at radius 3 is 2.90 bits per heavy atom. The minimum absolute atomic E-state index is 0.0984. The molecule has 0 aromatic heterocycles. The standard InChI is InChI=1S/C16H15ClFNO/c17-11-6-5-10(14(18)8-11)7-15(19)13-9-20-16-4-2-1-3-12(13)16/h1-6,8,13,15H,7,9,19H2. The smallest absolute Gasteiger partial charge is 0.127 e. The monoisotopic (exact) mass is 291 g/mol. The lowest BCUT2D eigenvalue weighted by Crippen LogP contribution is -2.32. The first-order valence-electron chi connectivity index (χ1n) is 6.56. The van der Waals surface area contributed by atoms with Crippen LogP contribution in [0.3, 0.4) is 0 Å². The zero-order valence-corrected chi connectivity index (χ0v) is 11.6. The van der Waals surface area contributed by atoms with E-state index in [1.165, 1.54) is 6.07 Å². The largest absolute Gasteiger partial charge is 0.493 e. The maximum absolute atomic E-state index is 13.8. The van der Waals surface area contributed by atoms with Crippen molar-refractivity contribution in [3.8, 4) is 5.75 Å². The van der Waals surface area contributed by atoms with Gasteiger partial charge in [0.2, 0.25) is 0 Å². The maximum Gasteiger partial charge on any atom is 0.127 e. The summed E-state index contributed by atoms with van der Waals surface area (Å²) in [5, 5.41) is 0.398. The summed E-state index contributed by atoms with van der Waals surface area (Å²) >= 11 is 5.76. The van der Waals surface area contributed by atoms with Crippen LogP contribution < -0.4 is 10.5 Å². The fourth-order valence-electron chi connectivity index (χ4n) is 2.63. The van der Waals surface area contributed by atoms with Crippen molar-refractivity contribution >= 4 is 11.6 Å². The van der Waals surface area contributed by atoms with Crippen LogP contribution in [0.5, 0.6) is 5.75 Å². The first kappa shape index (κ1) is 13.4. The molecule has 0 spiro atoms. The molecule has 1 aliphatic rings. The van der Waals surface area contributed by atoms with Crippen molar-refractivity contribution in [1.82, 2.24) is 0 Å². The van der Waals surface area contributed by atoms with Crippen molar-refractivity contribution in [3.63, 3.8) is 0 Å². The summed E-state index contributed by atoms with van der Waals surface area (Å²) < 4.78 is 19.4. The lowest BCUT2D eigenvalue weighted by molar-refractivity contribution is 0.313. The zero-order chi connectivity index (χ0) is 14.1. The molecule has 0 aliphatic carbocycles. The number of fused-ring (bicyclic) bond motifs is 1. The van der Waals surface area contributed by atoms with Crippen LogP contribution in [0.15, 0.2) is 42.5 Å². The molecule has 2 aromatic carbocycles. The molecule has 2 aromatic rings. The van der Waals surface area contributed by atoms with E-state index in [-0.39, 0.29) is 17.8 Å². The number of para-hydroxylation sites is 1. The number of hydrogen-bond donors (Lipinski definition) is 1. The van der Waals surface area contributed by atoms with E-state index in [9.17, 15) is 4.39 Å². The number of halogens is 2. The van der Waals surface area contributed by atoms with Crippen LogP contribution >= 0.6 is 11.6 Å². The second-order valence-corrected chi connectivity index (χ2v) is 5.50. The molecule has 104 valence electrons. The van der Waals surface area contributed by atoms with Crippen molar-refractivity contribution in [2.75, 3.05) is 6.61 Å². The molecule has 2 unspecified atom stereocenters. The highest BCUT2D eigenvalue weighted by Crippen LogP contribution is 2.35. The fourth-order valence-corrected chi connectivity index (χ4v) is 2.78. The lowest BCUT2D eigenvalue weighted by Gasteiger charge is -2.18. The van der Waals surface area contributed by atoms with E-state index in [0.717, 1.165) is 11.3 Å². The van der Waals surface area contributed by atoms with E-state index in [2.05, 4.69) is 0 Å². The minimum atomic E-state index is -0.305. The van der Waals surface area contributed by atoms with Gasteiger partial charge in [0.1, 0.15) is 11.6 Å². The quantitative estimate of drug-likeness (QED) is 0.939. The van der Waals surface area contributed by atoms with Gasteiger partial charge in [-0.05, 0) is 30.2 Å². The van der Waals surface area contributed by atoms with Crippen molar-refractivity contribution in [2.45, 2.75) is 18.4 Å². The van der Waals surface area contributed by atoms with Crippen LogP contribution in [0.1, 0.15) is 17.0 Å². The Bertz CT molecular complexity index is 632. The first-order chi connectivity index (χ1) is 9.65. The SMILES string of the molecule is NC(Cc1ccc(Cl)cc1F)C1COc2ccccc21. The number of rotatable bonds is 3. The van der Waals surface area contributed by atoms with Crippen molar-refractivity contribution < 1.29 is 9.13 Å². The molecule has 20 heavy (non-hydrogen) atoms. The van der Waals surface area contributed by atoms with Crippen LogP contribution in [0.2, 0.25) is 5.02 Å². The van der Waals surface area contributed by atoms with Crippen LogP contribution in [-0.2, 0) is 6.42 Å². The number of nitrogens with two attached hydrogens (primary N) is 1. The van der Waals surface area contributed by atoms with E-state index in [4.69, 9.17) is 22.1 Å². The molecule has 4 heteroatoms. The van der Waals surface area contributed by atoms with Crippen LogP contribution in [0.25, 0.3) is 0 Å². The molecule has 0 radical (unpaired) electrons. The van der Waals surface area contributed by atoms with Gasteiger partial charge in [-0.3, -0.25) is 0 Å². The van der Waals surface area contributed by atoms with Gasteiger partial charge < -0.3 is 10.5 Å². The molecule has 0 bridgehead atoms. The molecule has 0 saturated carbocycles. The normalized spacial score (nSPS) is 18.4. The van der Waals surface area contributed by atoms with E-state index in [0.29, 0.717) is 23.6 Å². The number of hydrogen-bond acceptors (Lipinski definition) is 2. The average Bonchev–Trinajstić information content (AvgIpc) is 2.86. The zero-order valence-electron chi connectivity index (χ0n) is 10.9. The van der Waals surface area contributed by atoms with Crippen LogP contribution in [-0.4, -0.2) is 12.6 Å². The van der Waals surface area contributed by atoms with Gasteiger partial charge in [-0.15, -0.1) is 0 Å². The van der Waals surface area contributed by atoms with Crippen molar-refractivity contribution in [3.05, 3.63) is 64.4 Å². The number of benzene rings is 2. The second kappa shape index (κ2) is 5.43. The summed E-state index contributed by atoms with van der Waals surface area (Å²) in [5.41, 5.74) is 7.95. The third kappa shape index (κ3) is 2.51. The molecule has 0 fully saturated rings. The Morgan fingerprint density at radius 2 is 2.10 bits per heavy atom. The Balaban J connectivity index is 1.79. The Labute approximate surface area is 122 Å². The predicted octanol–water partition coefficient (Wildman–Crippen LogP) is 3.53. The van der Waals surface area contributed by atoms with Gasteiger partial charge in [0.05, 0.1) is 6.61 Å². The van der Waals surface area contributed by atoms with Gasteiger partial charge in [-0.25, -0.2) is 4.39 Å². The number of ether oxygens (including phenoxy) is 1. The fraction of sp³-hybridized carbons (Fsp3) is 0.250. The lowest BCUT2D eigenvalue weighted by atomic mass is 9.89. The topological polar surface area (TPSA) is 35.2 Å². The summed E-state index contributed by atoms with van der Waals surface area (Å²) in [7, 11) is 0. The Kier molecular flexibility index (Phi) is 3.64. The average molecular weight is 292 g/mol. The summed E-state index contributed by atoms with van der Waals surface area (Å²) in [6.07, 6.45) is 0.464. The van der Waals surface area contributed by atoms with E-state index < -0.39 is 0 Å². The molecular weight excluding hydrogens is 277 g/mol. The summed E-state index contributed by atoms with van der Waals surface area (Å²) in [4.78, 5) is 0. The van der Waals surface area contributed by atoms with Gasteiger partial charge in [0.25, 0.3) is 0 Å². The van der Waals surface area contributed by atoms with Gasteiger partial charge in [0, 0.05) is 22.5 Å². The van der Waals surface area contributed by atoms with Crippen LogP contribution in [0, 0.1) is 5.82 Å². The van der Waals surface area contributed by atoms with Gasteiger partial charge in [-0.1, -0.05) is 35.9 Å². The third-order valence-corrected chi connectivity index (χ3v) is 3.96. The van der Waals surface area contributed by atoms with E-state index in [1.54, 1.807) is 12.1 Å². The van der Waals surface area contributed by atoms with Gasteiger partial charge in [-0.2, -0.15) is 0 Å². The first-order valence-corrected chi connectivity index (χ1v) is 6.94. The molecule has 1 aliphatic heterocycles. The molecule has 2 atom stereocenters. The molecule has 3 rings (SSSR count). The highest BCUT2D eigenvalue weighted by molar-refractivity contribution is 6.30. The van der Waals surface area contributed by atoms with E-state index in [1.807, 2.05) is 24.3 Å². The highest BCUT2D eigenvalue weighted by atomic mass is 35.5. The summed E-state index contributed by atoms with van der Waals surface area (Å²) in [6.45, 7) is 0.551. The molecule has 2 nitrogen and oxygen atoms in total. The molecule has 0 amide bonds. The maximum atomic E-state index is 13.8. The highest BCUT2D eigenvalue weighted by Gasteiger charge is 2.29. The summed E-state index contributed by atoms with van der Waals surface area (Å²) in [5.74, 6) is 0.672. The molecular formula is C16H15ClFNO.